The lowest BCUT2D eigenvalue weighted by atomic mass is 10.0. The highest BCUT2D eigenvalue weighted by atomic mass is 15.3. The van der Waals surface area contributed by atoms with E-state index in [2.05, 4.69) is 38.7 Å². The van der Waals surface area contributed by atoms with Gasteiger partial charge in [0.15, 0.2) is 5.84 Å². The Labute approximate surface area is 121 Å². The molecule has 4 heteroatoms. The van der Waals surface area contributed by atoms with Gasteiger partial charge in [-0.3, -0.25) is 10.4 Å². The summed E-state index contributed by atoms with van der Waals surface area (Å²) in [4.78, 5) is 8.65. The van der Waals surface area contributed by atoms with Crippen molar-refractivity contribution in [3.8, 4) is 0 Å². The Morgan fingerprint density at radius 3 is 2.76 bits per heavy atom. The maximum Gasteiger partial charge on any atom is 0.154 e. The van der Waals surface area contributed by atoms with Crippen molar-refractivity contribution in [2.24, 2.45) is 10.1 Å². The molecule has 0 radical (unpaired) electrons. The highest BCUT2D eigenvalue weighted by Gasteiger charge is 2.17. The standard InChI is InChI=1S/C17H12N4/c1-5-13-6-2-8-15-16(13)14(7-1)17(20-15)21-19-11-12-4-3-9-18-10-12/h1-11H,(H,20,21)/b19-11-. The molecule has 4 rings (SSSR count). The Morgan fingerprint density at radius 1 is 1.00 bits per heavy atom. The minimum Gasteiger partial charge on any atom is -0.264 e. The number of amidine groups is 1. The van der Waals surface area contributed by atoms with E-state index >= 15 is 0 Å². The van der Waals surface area contributed by atoms with Crippen molar-refractivity contribution in [1.29, 1.82) is 0 Å². The van der Waals surface area contributed by atoms with Crippen LogP contribution in [0.5, 0.6) is 0 Å². The van der Waals surface area contributed by atoms with Gasteiger partial charge in [-0.1, -0.05) is 36.4 Å². The molecule has 0 saturated carbocycles. The van der Waals surface area contributed by atoms with Gasteiger partial charge in [0.25, 0.3) is 0 Å². The number of aliphatic imine (C=N–C) groups is 1. The predicted octanol–water partition coefficient (Wildman–Crippen LogP) is 3.25. The van der Waals surface area contributed by atoms with Crippen LogP contribution in [0.1, 0.15) is 11.1 Å². The van der Waals surface area contributed by atoms with Crippen molar-refractivity contribution in [3.05, 3.63) is 72.1 Å². The third-order valence-electron chi connectivity index (χ3n) is 3.44. The summed E-state index contributed by atoms with van der Waals surface area (Å²) in [6.45, 7) is 0. The molecule has 2 aromatic carbocycles. The second-order valence-electron chi connectivity index (χ2n) is 4.80. The fourth-order valence-electron chi connectivity index (χ4n) is 2.50. The lowest BCUT2D eigenvalue weighted by Crippen LogP contribution is -2.17. The maximum atomic E-state index is 4.60. The van der Waals surface area contributed by atoms with Crippen LogP contribution in [0, 0.1) is 0 Å². The van der Waals surface area contributed by atoms with Crippen LogP contribution in [0.15, 0.2) is 71.0 Å². The van der Waals surface area contributed by atoms with Gasteiger partial charge >= 0.3 is 0 Å². The largest absolute Gasteiger partial charge is 0.264 e. The number of nitrogens with zero attached hydrogens (tertiary/aromatic N) is 3. The molecule has 1 aromatic heterocycles. The van der Waals surface area contributed by atoms with Crippen molar-refractivity contribution in [1.82, 2.24) is 10.4 Å². The van der Waals surface area contributed by atoms with Crippen LogP contribution in [0.4, 0.5) is 5.69 Å². The van der Waals surface area contributed by atoms with Crippen LogP contribution in [-0.2, 0) is 0 Å². The van der Waals surface area contributed by atoms with E-state index in [9.17, 15) is 0 Å². The molecule has 1 N–H and O–H groups in total. The van der Waals surface area contributed by atoms with Crippen LogP contribution < -0.4 is 5.43 Å². The molecule has 0 fully saturated rings. The molecule has 100 valence electrons. The van der Waals surface area contributed by atoms with Gasteiger partial charge < -0.3 is 0 Å². The van der Waals surface area contributed by atoms with Crippen LogP contribution in [-0.4, -0.2) is 17.0 Å². The molecular formula is C17H12N4. The first-order valence-corrected chi connectivity index (χ1v) is 6.72. The maximum absolute atomic E-state index is 4.60. The van der Waals surface area contributed by atoms with Gasteiger partial charge in [-0.2, -0.15) is 5.10 Å². The second-order valence-corrected chi connectivity index (χ2v) is 4.80. The summed E-state index contributed by atoms with van der Waals surface area (Å²) >= 11 is 0. The van der Waals surface area contributed by atoms with E-state index in [1.54, 1.807) is 18.6 Å². The van der Waals surface area contributed by atoms with E-state index in [0.29, 0.717) is 0 Å². The molecule has 0 aliphatic carbocycles. The third-order valence-corrected chi connectivity index (χ3v) is 3.44. The summed E-state index contributed by atoms with van der Waals surface area (Å²) in [5.41, 5.74) is 6.05. The van der Waals surface area contributed by atoms with Crippen LogP contribution >= 0.6 is 0 Å². The second kappa shape index (κ2) is 4.83. The summed E-state index contributed by atoms with van der Waals surface area (Å²) in [6.07, 6.45) is 5.24. The zero-order chi connectivity index (χ0) is 14.1. The smallest absolute Gasteiger partial charge is 0.154 e. The minimum atomic E-state index is 0.780. The van der Waals surface area contributed by atoms with Crippen molar-refractivity contribution < 1.29 is 0 Å². The molecule has 21 heavy (non-hydrogen) atoms. The summed E-state index contributed by atoms with van der Waals surface area (Å²) < 4.78 is 0. The molecule has 0 saturated heterocycles. The SMILES string of the molecule is C(=N/NC1=Nc2cccc3cccc1c23)/c1cccnc1. The highest BCUT2D eigenvalue weighted by Crippen LogP contribution is 2.34. The van der Waals surface area contributed by atoms with E-state index < -0.39 is 0 Å². The zero-order valence-corrected chi connectivity index (χ0v) is 11.2. The van der Waals surface area contributed by atoms with Gasteiger partial charge in [-0.25, -0.2) is 4.99 Å². The van der Waals surface area contributed by atoms with Crippen LogP contribution in [0.3, 0.4) is 0 Å². The molecular weight excluding hydrogens is 260 g/mol. The fourth-order valence-corrected chi connectivity index (χ4v) is 2.50. The lowest BCUT2D eigenvalue weighted by molar-refractivity contribution is 1.04. The zero-order valence-electron chi connectivity index (χ0n) is 11.2. The van der Waals surface area contributed by atoms with Crippen molar-refractivity contribution in [3.63, 3.8) is 0 Å². The van der Waals surface area contributed by atoms with Crippen LogP contribution in [0.25, 0.3) is 10.8 Å². The summed E-state index contributed by atoms with van der Waals surface area (Å²) in [7, 11) is 0. The molecule has 3 aromatic rings. The number of benzene rings is 2. The molecule has 4 nitrogen and oxygen atoms in total. The normalized spacial score (nSPS) is 12.9. The average Bonchev–Trinajstić information content (AvgIpc) is 2.89. The van der Waals surface area contributed by atoms with Crippen molar-refractivity contribution in [2.45, 2.75) is 0 Å². The quantitative estimate of drug-likeness (QED) is 0.575. The van der Waals surface area contributed by atoms with Gasteiger partial charge in [-0.05, 0) is 17.5 Å². The van der Waals surface area contributed by atoms with Gasteiger partial charge in [0.05, 0.1) is 11.9 Å². The van der Waals surface area contributed by atoms with Gasteiger partial charge in [0.2, 0.25) is 0 Å². The summed E-state index contributed by atoms with van der Waals surface area (Å²) in [5.74, 6) is 0.780. The number of hydrogen-bond acceptors (Lipinski definition) is 4. The molecule has 0 amide bonds. The van der Waals surface area contributed by atoms with Crippen LogP contribution in [0.2, 0.25) is 0 Å². The van der Waals surface area contributed by atoms with Crippen molar-refractivity contribution in [2.75, 3.05) is 0 Å². The monoisotopic (exact) mass is 272 g/mol. The predicted molar refractivity (Wildman–Crippen MR) is 85.1 cm³/mol. The Hall–Kier alpha value is -3.01. The number of hydrazone groups is 1. The Kier molecular flexibility index (Phi) is 2.71. The molecule has 1 aliphatic heterocycles. The first-order chi connectivity index (χ1) is 10.4. The number of hydrogen-bond donors (Lipinski definition) is 1. The van der Waals surface area contributed by atoms with E-state index in [1.165, 1.54) is 10.8 Å². The number of rotatable bonds is 2. The molecule has 0 unspecified atom stereocenters. The highest BCUT2D eigenvalue weighted by molar-refractivity contribution is 6.18. The Morgan fingerprint density at radius 2 is 1.90 bits per heavy atom. The van der Waals surface area contributed by atoms with Gasteiger partial charge in [0, 0.05) is 28.9 Å². The average molecular weight is 272 g/mol. The van der Waals surface area contributed by atoms with E-state index in [1.807, 2.05) is 30.3 Å². The van der Waals surface area contributed by atoms with Gasteiger partial charge in [-0.15, -0.1) is 0 Å². The Balaban J connectivity index is 1.64. The first kappa shape index (κ1) is 11.8. The lowest BCUT2D eigenvalue weighted by Gasteiger charge is -2.02. The Bertz CT molecular complexity index is 861. The first-order valence-electron chi connectivity index (χ1n) is 6.72. The minimum absolute atomic E-state index is 0.780. The van der Waals surface area contributed by atoms with E-state index in [4.69, 9.17) is 0 Å². The summed E-state index contributed by atoms with van der Waals surface area (Å²) in [5, 5.41) is 6.62. The van der Waals surface area contributed by atoms with E-state index in [0.717, 1.165) is 22.6 Å². The van der Waals surface area contributed by atoms with E-state index in [-0.39, 0.29) is 0 Å². The molecule has 2 heterocycles. The van der Waals surface area contributed by atoms with Crippen molar-refractivity contribution >= 4 is 28.5 Å². The summed E-state index contributed by atoms with van der Waals surface area (Å²) in [6, 6.07) is 16.2. The molecule has 1 aliphatic rings. The topological polar surface area (TPSA) is 49.6 Å². The fraction of sp³-hybridized carbons (Fsp3) is 0. The third kappa shape index (κ3) is 2.07. The molecule has 0 atom stereocenters. The van der Waals surface area contributed by atoms with Gasteiger partial charge in [0.1, 0.15) is 0 Å². The number of pyridine rings is 1. The number of aromatic nitrogens is 1. The molecule has 0 spiro atoms. The number of nitrogens with one attached hydrogen (secondary N) is 1. The molecule has 0 bridgehead atoms.